The summed E-state index contributed by atoms with van der Waals surface area (Å²) in [5.74, 6) is -11.4. The highest BCUT2D eigenvalue weighted by atomic mass is 16.7. The average Bonchev–Trinajstić information content (AvgIpc) is 3.09. The second-order valence-electron chi connectivity index (χ2n) is 14.6. The first-order chi connectivity index (χ1) is 24.9. The quantitative estimate of drug-likeness (QED) is 0.0994. The lowest BCUT2D eigenvalue weighted by molar-refractivity contribution is -0.277. The Balaban J connectivity index is 1.33. The number of phenols is 1. The Morgan fingerprint density at radius 1 is 1.04 bits per heavy atom. The fraction of sp³-hybridized carbons (Fsp3) is 0.528. The predicted molar refractivity (Wildman–Crippen MR) is 184 cm³/mol. The number of likely N-dealkylation sites (N-methyl/N-ethyl adjacent to an activating group) is 1. The van der Waals surface area contributed by atoms with Crippen LogP contribution in [0.15, 0.2) is 30.3 Å². The number of ether oxygens (including phenoxy) is 2. The summed E-state index contributed by atoms with van der Waals surface area (Å²) in [4.78, 5) is 71.0. The zero-order valence-corrected chi connectivity index (χ0v) is 29.5. The zero-order valence-electron chi connectivity index (χ0n) is 29.5. The maximum atomic E-state index is 14.4. The second-order valence-corrected chi connectivity index (χ2v) is 14.6. The summed E-state index contributed by atoms with van der Waals surface area (Å²) in [5, 5.41) is 67.0. The SMILES string of the molecule is CN(C)c1cc(NCc2ccccc2OC2O[C@H](CO)[C@@H](O)[C@@H](O)[C@H]2O)c(O)c2c1C[C@H]1C[C@H]3[C@H](N(C)C)C(=O)C(C(N)=O)C(=O)[C@@]3(O)C(=O)C1C2=O. The molecule has 4 aliphatic rings. The Morgan fingerprint density at radius 2 is 1.72 bits per heavy atom. The number of amides is 1. The molecule has 2 aromatic rings. The van der Waals surface area contributed by atoms with Gasteiger partial charge in [0.1, 0.15) is 35.9 Å². The first-order valence-electron chi connectivity index (χ1n) is 17.1. The predicted octanol–water partition coefficient (Wildman–Crippen LogP) is -2.28. The van der Waals surface area contributed by atoms with E-state index in [2.05, 4.69) is 5.32 Å². The topological polar surface area (TPSA) is 270 Å². The third kappa shape index (κ3) is 6.05. The fourth-order valence-electron chi connectivity index (χ4n) is 8.43. The Kier molecular flexibility index (Phi) is 10.1. The molecule has 3 fully saturated rings. The number of benzene rings is 2. The van der Waals surface area contributed by atoms with Crippen LogP contribution in [0.1, 0.15) is 27.9 Å². The molecule has 17 nitrogen and oxygen atoms in total. The Bertz CT molecular complexity index is 1850. The largest absolute Gasteiger partial charge is 0.505 e. The van der Waals surface area contributed by atoms with E-state index in [0.29, 0.717) is 16.8 Å². The number of nitrogens with two attached hydrogens (primary N) is 1. The van der Waals surface area contributed by atoms with E-state index in [-0.39, 0.29) is 36.4 Å². The first-order valence-corrected chi connectivity index (χ1v) is 17.1. The number of hydrogen-bond donors (Lipinski definition) is 8. The number of hydrogen-bond acceptors (Lipinski definition) is 16. The second kappa shape index (κ2) is 14.1. The van der Waals surface area contributed by atoms with Gasteiger partial charge < -0.3 is 56.1 Å². The van der Waals surface area contributed by atoms with E-state index in [9.17, 15) is 54.6 Å². The van der Waals surface area contributed by atoms with Gasteiger partial charge in [0.2, 0.25) is 12.2 Å². The van der Waals surface area contributed by atoms with Crippen LogP contribution in [0.5, 0.6) is 11.5 Å². The minimum absolute atomic E-state index is 0.0314. The molecule has 0 radical (unpaired) electrons. The van der Waals surface area contributed by atoms with Crippen LogP contribution in [0.3, 0.4) is 0 Å². The minimum atomic E-state index is -2.85. The number of primary amides is 1. The number of aliphatic hydroxyl groups excluding tert-OH is 4. The summed E-state index contributed by atoms with van der Waals surface area (Å²) in [5.41, 5.74) is 3.89. The number of aromatic hydroxyl groups is 1. The minimum Gasteiger partial charge on any atom is -0.505 e. The number of Topliss-reactive ketones (excluding diaryl/α,β-unsaturated/α-hetero) is 4. The van der Waals surface area contributed by atoms with E-state index in [1.165, 1.54) is 19.0 Å². The molecule has 3 aliphatic carbocycles. The highest BCUT2D eigenvalue weighted by Gasteiger charge is 2.69. The lowest BCUT2D eigenvalue weighted by Gasteiger charge is -2.52. The van der Waals surface area contributed by atoms with Crippen molar-refractivity contribution in [1.82, 2.24) is 4.90 Å². The lowest BCUT2D eigenvalue weighted by Crippen LogP contribution is -2.74. The first kappa shape index (κ1) is 38.2. The van der Waals surface area contributed by atoms with Crippen LogP contribution in [0.4, 0.5) is 11.4 Å². The van der Waals surface area contributed by atoms with E-state index in [1.807, 2.05) is 0 Å². The summed E-state index contributed by atoms with van der Waals surface area (Å²) in [6.45, 7) is -0.678. The van der Waals surface area contributed by atoms with Gasteiger partial charge in [-0.25, -0.2) is 0 Å². The van der Waals surface area contributed by atoms with Crippen molar-refractivity contribution >= 4 is 40.4 Å². The van der Waals surface area contributed by atoms with Crippen LogP contribution in [0.2, 0.25) is 0 Å². The molecular formula is C36H44N4O13. The molecule has 6 rings (SSSR count). The number of nitrogens with one attached hydrogen (secondary N) is 1. The van der Waals surface area contributed by atoms with Crippen molar-refractivity contribution in [2.24, 2.45) is 29.4 Å². The molecule has 2 aromatic carbocycles. The van der Waals surface area contributed by atoms with E-state index in [1.54, 1.807) is 49.3 Å². The maximum absolute atomic E-state index is 14.4. The Labute approximate surface area is 303 Å². The van der Waals surface area contributed by atoms with E-state index in [0.717, 1.165) is 0 Å². The van der Waals surface area contributed by atoms with Crippen LogP contribution in [-0.2, 0) is 36.9 Å². The van der Waals surface area contributed by atoms with Crippen molar-refractivity contribution < 1.29 is 64.1 Å². The van der Waals surface area contributed by atoms with E-state index in [4.69, 9.17) is 15.2 Å². The van der Waals surface area contributed by atoms with Gasteiger partial charge >= 0.3 is 0 Å². The number of rotatable bonds is 9. The standard InChI is InChI=1S/C36H44N4O13/c1-39(2)19-11-18(38-12-14-7-5-6-8-20(14)52-35-31(47)30(46)27(43)21(13-41)53-35)26(42)23-16(19)9-15-10-17-25(40(3)4)29(45)24(34(37)50)33(49)36(17,51)32(48)22(15)28(23)44/h5-8,11,15,17,21-22,24-25,27,30-31,35,38,41-43,46-47,51H,9-10,12-13H2,1-4H3,(H2,37,50)/t15-,17-,21+,22?,24?,25-,27+,30+,31+,35?,36-/m0/s1. The number of carbonyl (C=O) groups is 5. The molecule has 9 N–H and O–H groups in total. The van der Waals surface area contributed by atoms with Gasteiger partial charge in [-0.1, -0.05) is 18.2 Å². The number of carbonyl (C=O) groups excluding carboxylic acids is 5. The smallest absolute Gasteiger partial charge is 0.235 e. The van der Waals surface area contributed by atoms with Crippen molar-refractivity contribution in [1.29, 1.82) is 0 Å². The molecule has 0 spiro atoms. The molecule has 53 heavy (non-hydrogen) atoms. The average molecular weight is 741 g/mol. The number of ketones is 4. The summed E-state index contributed by atoms with van der Waals surface area (Å²) in [6.07, 6.45) is -7.55. The van der Waals surface area contributed by atoms with Crippen LogP contribution in [-0.4, -0.2) is 142 Å². The highest BCUT2D eigenvalue weighted by Crippen LogP contribution is 2.53. The molecule has 0 bridgehead atoms. The van der Waals surface area contributed by atoms with Gasteiger partial charge in [-0.15, -0.1) is 0 Å². The maximum Gasteiger partial charge on any atom is 0.235 e. The number of nitrogens with zero attached hydrogens (tertiary/aromatic N) is 2. The zero-order chi connectivity index (χ0) is 38.8. The summed E-state index contributed by atoms with van der Waals surface area (Å²) < 4.78 is 11.3. The third-order valence-electron chi connectivity index (χ3n) is 11.1. The molecule has 1 heterocycles. The number of fused-ring (bicyclic) bond motifs is 3. The third-order valence-corrected chi connectivity index (χ3v) is 11.1. The number of phenolic OH excluding ortho intramolecular Hbond substituents is 1. The highest BCUT2D eigenvalue weighted by molar-refractivity contribution is 6.32. The molecule has 286 valence electrons. The van der Waals surface area contributed by atoms with Crippen LogP contribution in [0.25, 0.3) is 0 Å². The lowest BCUT2D eigenvalue weighted by atomic mass is 9.52. The molecular weight excluding hydrogens is 696 g/mol. The molecule has 1 amide bonds. The van der Waals surface area contributed by atoms with Gasteiger partial charge in [-0.3, -0.25) is 28.9 Å². The van der Waals surface area contributed by atoms with Gasteiger partial charge in [0.25, 0.3) is 0 Å². The van der Waals surface area contributed by atoms with E-state index < -0.39 is 107 Å². The van der Waals surface area contributed by atoms with Crippen molar-refractivity contribution in [2.45, 2.75) is 61.7 Å². The summed E-state index contributed by atoms with van der Waals surface area (Å²) >= 11 is 0. The number of anilines is 2. The molecule has 11 atom stereocenters. The van der Waals surface area contributed by atoms with Crippen molar-refractivity contribution in [3.8, 4) is 11.5 Å². The van der Waals surface area contributed by atoms with Gasteiger partial charge in [-0.05, 0) is 50.6 Å². The molecule has 1 saturated heterocycles. The number of aliphatic hydroxyl groups is 5. The molecule has 2 saturated carbocycles. The summed E-state index contributed by atoms with van der Waals surface area (Å²) in [6, 6.07) is 6.95. The fourth-order valence-corrected chi connectivity index (χ4v) is 8.43. The number of para-hydroxylation sites is 1. The molecule has 1 aliphatic heterocycles. The van der Waals surface area contributed by atoms with Crippen molar-refractivity contribution in [3.05, 3.63) is 47.0 Å². The molecule has 0 aromatic heterocycles. The van der Waals surface area contributed by atoms with Gasteiger partial charge in [0, 0.05) is 37.8 Å². The van der Waals surface area contributed by atoms with Gasteiger partial charge in [-0.2, -0.15) is 0 Å². The van der Waals surface area contributed by atoms with Gasteiger partial charge in [0.15, 0.2) is 34.7 Å². The van der Waals surface area contributed by atoms with Crippen LogP contribution >= 0.6 is 0 Å². The van der Waals surface area contributed by atoms with E-state index >= 15 is 0 Å². The van der Waals surface area contributed by atoms with Gasteiger partial charge in [0.05, 0.1) is 29.8 Å². The van der Waals surface area contributed by atoms with Crippen LogP contribution in [0, 0.1) is 23.7 Å². The van der Waals surface area contributed by atoms with Crippen LogP contribution < -0.4 is 20.7 Å². The molecule has 3 unspecified atom stereocenters. The summed E-state index contributed by atoms with van der Waals surface area (Å²) in [7, 11) is 6.49. The van der Waals surface area contributed by atoms with Crippen molar-refractivity contribution in [3.63, 3.8) is 0 Å². The normalized spacial score (nSPS) is 33.9. The monoisotopic (exact) mass is 740 g/mol. The Hall–Kier alpha value is -4.49. The molecule has 17 heteroatoms. The van der Waals surface area contributed by atoms with Crippen molar-refractivity contribution in [2.75, 3.05) is 45.0 Å². The Morgan fingerprint density at radius 3 is 2.34 bits per heavy atom.